The van der Waals surface area contributed by atoms with Crippen LogP contribution in [0.4, 0.5) is 4.79 Å². The third-order valence-corrected chi connectivity index (χ3v) is 4.06. The lowest BCUT2D eigenvalue weighted by molar-refractivity contribution is -0.123. The second-order valence-corrected chi connectivity index (χ2v) is 6.26. The molecule has 0 radical (unpaired) electrons. The zero-order chi connectivity index (χ0) is 19.9. The Labute approximate surface area is 166 Å². The summed E-state index contributed by atoms with van der Waals surface area (Å²) in [4.78, 5) is 34.6. The van der Waals surface area contributed by atoms with E-state index in [4.69, 9.17) is 21.1 Å². The fourth-order valence-electron chi connectivity index (χ4n) is 2.44. The molecule has 1 heterocycles. The number of benzene rings is 2. The van der Waals surface area contributed by atoms with E-state index in [-0.39, 0.29) is 5.57 Å². The molecule has 3 rings (SSSR count). The van der Waals surface area contributed by atoms with Gasteiger partial charge in [-0.25, -0.2) is 4.79 Å². The van der Waals surface area contributed by atoms with E-state index in [1.54, 1.807) is 18.2 Å². The first-order chi connectivity index (χ1) is 13.5. The molecule has 2 N–H and O–H groups in total. The molecule has 1 saturated heterocycles. The van der Waals surface area contributed by atoms with Gasteiger partial charge in [-0.3, -0.25) is 20.2 Å². The molecule has 1 aliphatic rings. The summed E-state index contributed by atoms with van der Waals surface area (Å²) in [5.41, 5.74) is 0.349. The summed E-state index contributed by atoms with van der Waals surface area (Å²) in [6.07, 6.45) is 2.02. The number of imide groups is 2. The van der Waals surface area contributed by atoms with E-state index in [1.807, 2.05) is 41.0 Å². The Hall–Kier alpha value is -3.32. The van der Waals surface area contributed by atoms with Crippen LogP contribution >= 0.6 is 11.6 Å². The molecule has 2 aromatic rings. The molecule has 0 spiro atoms. The third kappa shape index (κ3) is 5.11. The Kier molecular flexibility index (Phi) is 6.29. The number of halogens is 1. The molecule has 1 fully saturated rings. The maximum Gasteiger partial charge on any atom is 0.328 e. The lowest BCUT2D eigenvalue weighted by atomic mass is 10.1. The molecule has 0 bridgehead atoms. The quantitative estimate of drug-likeness (QED) is 0.423. The van der Waals surface area contributed by atoms with Gasteiger partial charge in [-0.1, -0.05) is 35.9 Å². The van der Waals surface area contributed by atoms with E-state index < -0.39 is 17.8 Å². The van der Waals surface area contributed by atoms with Gasteiger partial charge in [-0.2, -0.15) is 0 Å². The highest BCUT2D eigenvalue weighted by atomic mass is 35.5. The van der Waals surface area contributed by atoms with Gasteiger partial charge in [0.1, 0.15) is 17.1 Å². The molecule has 144 valence electrons. The maximum atomic E-state index is 11.7. The molecule has 0 unspecified atom stereocenters. The smallest absolute Gasteiger partial charge is 0.328 e. The number of rotatable bonds is 7. The SMILES string of the molecule is O=C1NC(=O)C(=Cc2ccc(OCCCOc3ccccc3)c(Cl)c2)C(=O)N1. The van der Waals surface area contributed by atoms with E-state index in [0.717, 1.165) is 5.75 Å². The lowest BCUT2D eigenvalue weighted by Crippen LogP contribution is -2.51. The van der Waals surface area contributed by atoms with Crippen LogP contribution < -0.4 is 20.1 Å². The average molecular weight is 401 g/mol. The van der Waals surface area contributed by atoms with Crippen LogP contribution in [0.2, 0.25) is 5.02 Å². The van der Waals surface area contributed by atoms with Gasteiger partial charge in [-0.05, 0) is 35.9 Å². The van der Waals surface area contributed by atoms with Gasteiger partial charge in [0, 0.05) is 6.42 Å². The lowest BCUT2D eigenvalue weighted by Gasteiger charge is -2.14. The number of hydrogen-bond donors (Lipinski definition) is 2. The summed E-state index contributed by atoms with van der Waals surface area (Å²) >= 11 is 6.21. The van der Waals surface area contributed by atoms with Crippen molar-refractivity contribution in [1.29, 1.82) is 0 Å². The van der Waals surface area contributed by atoms with Crippen LogP contribution in [0, 0.1) is 0 Å². The number of nitrogens with one attached hydrogen (secondary N) is 2. The summed E-state index contributed by atoms with van der Waals surface area (Å²) in [5.74, 6) is -0.237. The number of para-hydroxylation sites is 1. The van der Waals surface area contributed by atoms with Crippen molar-refractivity contribution >= 4 is 35.5 Å². The van der Waals surface area contributed by atoms with Crippen molar-refractivity contribution in [3.63, 3.8) is 0 Å². The molecule has 28 heavy (non-hydrogen) atoms. The standard InChI is InChI=1S/C20H17ClN2O5/c21-16-12-13(11-15-18(24)22-20(26)23-19(15)25)7-8-17(16)28-10-4-9-27-14-5-2-1-3-6-14/h1-3,5-8,11-12H,4,9-10H2,(H2,22,23,24,25,26). The number of amides is 4. The maximum absolute atomic E-state index is 11.7. The molecule has 0 saturated carbocycles. The van der Waals surface area contributed by atoms with Gasteiger partial charge in [0.2, 0.25) is 0 Å². The van der Waals surface area contributed by atoms with Gasteiger partial charge in [0.15, 0.2) is 0 Å². The summed E-state index contributed by atoms with van der Waals surface area (Å²) in [6, 6.07) is 13.5. The first-order valence-corrected chi connectivity index (χ1v) is 8.89. The molecular formula is C20H17ClN2O5. The van der Waals surface area contributed by atoms with E-state index in [0.29, 0.717) is 36.0 Å². The topological polar surface area (TPSA) is 93.7 Å². The van der Waals surface area contributed by atoms with Gasteiger partial charge in [0.25, 0.3) is 11.8 Å². The fourth-order valence-corrected chi connectivity index (χ4v) is 2.69. The van der Waals surface area contributed by atoms with Crippen molar-refractivity contribution in [2.45, 2.75) is 6.42 Å². The largest absolute Gasteiger partial charge is 0.493 e. The van der Waals surface area contributed by atoms with E-state index in [2.05, 4.69) is 0 Å². The highest BCUT2D eigenvalue weighted by molar-refractivity contribution is 6.33. The second kappa shape index (κ2) is 9.05. The Balaban J connectivity index is 1.54. The second-order valence-electron chi connectivity index (χ2n) is 5.85. The van der Waals surface area contributed by atoms with E-state index in [9.17, 15) is 14.4 Å². The predicted octanol–water partition coefficient (Wildman–Crippen LogP) is 2.94. The zero-order valence-electron chi connectivity index (χ0n) is 14.7. The van der Waals surface area contributed by atoms with Gasteiger partial charge in [0.05, 0.1) is 18.2 Å². The van der Waals surface area contributed by atoms with Gasteiger partial charge < -0.3 is 9.47 Å². The van der Waals surface area contributed by atoms with Crippen LogP contribution in [-0.4, -0.2) is 31.1 Å². The number of carbonyl (C=O) groups is 3. The van der Waals surface area contributed by atoms with Gasteiger partial charge >= 0.3 is 6.03 Å². The van der Waals surface area contributed by atoms with Crippen molar-refractivity contribution in [2.75, 3.05) is 13.2 Å². The molecule has 7 nitrogen and oxygen atoms in total. The Bertz CT molecular complexity index is 905. The molecule has 0 aliphatic carbocycles. The average Bonchev–Trinajstić information content (AvgIpc) is 2.66. The Morgan fingerprint density at radius 1 is 0.893 bits per heavy atom. The summed E-state index contributed by atoms with van der Waals surface area (Å²) < 4.78 is 11.2. The Morgan fingerprint density at radius 2 is 1.57 bits per heavy atom. The van der Waals surface area contributed by atoms with Crippen LogP contribution in [0.15, 0.2) is 54.1 Å². The first kappa shape index (κ1) is 19.4. The minimum Gasteiger partial charge on any atom is -0.493 e. The normalized spacial score (nSPS) is 13.6. The number of barbiturate groups is 1. The minimum absolute atomic E-state index is 0.178. The Morgan fingerprint density at radius 3 is 2.25 bits per heavy atom. The van der Waals surface area contributed by atoms with Crippen LogP contribution in [0.25, 0.3) is 6.08 Å². The molecule has 0 atom stereocenters. The minimum atomic E-state index is -0.842. The zero-order valence-corrected chi connectivity index (χ0v) is 15.5. The number of hydrogen-bond acceptors (Lipinski definition) is 5. The molecule has 0 aromatic heterocycles. The summed E-state index contributed by atoms with van der Waals surface area (Å²) in [5, 5.41) is 4.36. The third-order valence-electron chi connectivity index (χ3n) is 3.77. The van der Waals surface area contributed by atoms with Crippen molar-refractivity contribution in [2.24, 2.45) is 0 Å². The van der Waals surface area contributed by atoms with Crippen molar-refractivity contribution in [1.82, 2.24) is 10.6 Å². The van der Waals surface area contributed by atoms with Crippen LogP contribution in [0.1, 0.15) is 12.0 Å². The first-order valence-electron chi connectivity index (χ1n) is 8.51. The fraction of sp³-hybridized carbons (Fsp3) is 0.150. The molecule has 2 aromatic carbocycles. The van der Waals surface area contributed by atoms with Crippen molar-refractivity contribution in [3.8, 4) is 11.5 Å². The predicted molar refractivity (Wildman–Crippen MR) is 103 cm³/mol. The van der Waals surface area contributed by atoms with Gasteiger partial charge in [-0.15, -0.1) is 0 Å². The highest BCUT2D eigenvalue weighted by Gasteiger charge is 2.27. The molecule has 8 heteroatoms. The van der Waals surface area contributed by atoms with Crippen molar-refractivity contribution in [3.05, 3.63) is 64.7 Å². The highest BCUT2D eigenvalue weighted by Crippen LogP contribution is 2.27. The van der Waals surface area contributed by atoms with E-state index >= 15 is 0 Å². The number of carbonyl (C=O) groups excluding carboxylic acids is 3. The molecular weight excluding hydrogens is 384 g/mol. The molecule has 1 aliphatic heterocycles. The van der Waals surface area contributed by atoms with E-state index in [1.165, 1.54) is 6.08 Å². The van der Waals surface area contributed by atoms with Crippen LogP contribution in [-0.2, 0) is 9.59 Å². The monoisotopic (exact) mass is 400 g/mol. The van der Waals surface area contributed by atoms with Crippen LogP contribution in [0.5, 0.6) is 11.5 Å². The van der Waals surface area contributed by atoms with Crippen molar-refractivity contribution < 1.29 is 23.9 Å². The summed E-state index contributed by atoms with van der Waals surface area (Å²) in [7, 11) is 0. The molecule has 4 amide bonds. The number of ether oxygens (including phenoxy) is 2. The summed E-state index contributed by atoms with van der Waals surface area (Å²) in [6.45, 7) is 0.925. The number of urea groups is 1. The van der Waals surface area contributed by atoms with Crippen LogP contribution in [0.3, 0.4) is 0 Å².